The monoisotopic (exact) mass is 373 g/mol. The molecule has 2 aromatic carbocycles. The molecular formula is C13H9BrFNO4S. The van der Waals surface area contributed by atoms with Crippen LogP contribution in [0.4, 0.5) is 10.1 Å². The van der Waals surface area contributed by atoms with Crippen LogP contribution in [0.2, 0.25) is 0 Å². The number of hydrogen-bond donors (Lipinski definition) is 2. The van der Waals surface area contributed by atoms with Crippen molar-refractivity contribution >= 4 is 37.6 Å². The molecular weight excluding hydrogens is 365 g/mol. The normalized spacial score (nSPS) is 11.2. The van der Waals surface area contributed by atoms with Gasteiger partial charge in [0.25, 0.3) is 16.0 Å². The van der Waals surface area contributed by atoms with E-state index in [1.807, 2.05) is 0 Å². The Labute approximate surface area is 128 Å². The third kappa shape index (κ3) is 3.87. The SMILES string of the molecule is O=C(Nc1ccc(F)c(S(=O)(=O)O)c1)c1ccc(Br)cc1. The van der Waals surface area contributed by atoms with Gasteiger partial charge in [-0.05, 0) is 42.5 Å². The summed E-state index contributed by atoms with van der Waals surface area (Å²) in [7, 11) is -4.69. The summed E-state index contributed by atoms with van der Waals surface area (Å²) < 4.78 is 45.0. The Hall–Kier alpha value is -1.77. The summed E-state index contributed by atoms with van der Waals surface area (Å²) in [5.41, 5.74) is 0.396. The number of nitrogens with one attached hydrogen (secondary N) is 1. The van der Waals surface area contributed by atoms with Gasteiger partial charge in [-0.15, -0.1) is 0 Å². The van der Waals surface area contributed by atoms with Crippen LogP contribution in [0, 0.1) is 5.82 Å². The Balaban J connectivity index is 2.28. The number of hydrogen-bond acceptors (Lipinski definition) is 3. The van der Waals surface area contributed by atoms with Gasteiger partial charge in [0, 0.05) is 15.7 Å². The van der Waals surface area contributed by atoms with Gasteiger partial charge in [-0.3, -0.25) is 9.35 Å². The lowest BCUT2D eigenvalue weighted by atomic mass is 10.2. The molecule has 0 atom stereocenters. The molecule has 0 aromatic heterocycles. The molecule has 0 fully saturated rings. The first-order valence-electron chi connectivity index (χ1n) is 5.61. The van der Waals surface area contributed by atoms with Gasteiger partial charge in [-0.25, -0.2) is 4.39 Å². The summed E-state index contributed by atoms with van der Waals surface area (Å²) in [6.45, 7) is 0. The average molecular weight is 374 g/mol. The first kappa shape index (κ1) is 15.6. The van der Waals surface area contributed by atoms with Crippen LogP contribution in [0.1, 0.15) is 10.4 Å². The number of carbonyl (C=O) groups excluding carboxylic acids is 1. The van der Waals surface area contributed by atoms with E-state index < -0.39 is 26.7 Å². The average Bonchev–Trinajstić information content (AvgIpc) is 2.40. The highest BCUT2D eigenvalue weighted by molar-refractivity contribution is 9.10. The number of anilines is 1. The molecule has 2 aromatic rings. The molecule has 0 bridgehead atoms. The third-order valence-electron chi connectivity index (χ3n) is 2.57. The molecule has 0 aliphatic heterocycles. The van der Waals surface area contributed by atoms with Crippen molar-refractivity contribution < 1.29 is 22.2 Å². The van der Waals surface area contributed by atoms with Crippen LogP contribution in [0.5, 0.6) is 0 Å². The smallest absolute Gasteiger partial charge is 0.297 e. The maximum absolute atomic E-state index is 13.3. The van der Waals surface area contributed by atoms with Crippen LogP contribution in [-0.2, 0) is 10.1 Å². The van der Waals surface area contributed by atoms with E-state index in [0.29, 0.717) is 5.56 Å². The minimum Gasteiger partial charge on any atom is -0.322 e. The standard InChI is InChI=1S/C13H9BrFNO4S/c14-9-3-1-8(2-4-9)13(17)16-10-5-6-11(15)12(7-10)21(18,19)20/h1-7H,(H,16,17)(H,18,19,20). The molecule has 8 heteroatoms. The van der Waals surface area contributed by atoms with E-state index >= 15 is 0 Å². The predicted octanol–water partition coefficient (Wildman–Crippen LogP) is 3.09. The lowest BCUT2D eigenvalue weighted by Crippen LogP contribution is -2.12. The number of carbonyl (C=O) groups is 1. The molecule has 5 nitrogen and oxygen atoms in total. The summed E-state index contributed by atoms with van der Waals surface area (Å²) >= 11 is 3.23. The molecule has 0 spiro atoms. The van der Waals surface area contributed by atoms with Crippen molar-refractivity contribution in [3.8, 4) is 0 Å². The Morgan fingerprint density at radius 2 is 1.76 bits per heavy atom. The Kier molecular flexibility index (Phi) is 4.40. The van der Waals surface area contributed by atoms with Crippen LogP contribution >= 0.6 is 15.9 Å². The van der Waals surface area contributed by atoms with E-state index in [1.165, 1.54) is 6.07 Å². The lowest BCUT2D eigenvalue weighted by molar-refractivity contribution is 0.102. The summed E-state index contributed by atoms with van der Waals surface area (Å²) in [6.07, 6.45) is 0. The molecule has 0 unspecified atom stereocenters. The number of halogens is 2. The summed E-state index contributed by atoms with van der Waals surface area (Å²) in [5.74, 6) is -1.59. The number of amides is 1. The molecule has 0 saturated heterocycles. The predicted molar refractivity (Wildman–Crippen MR) is 78.3 cm³/mol. The first-order chi connectivity index (χ1) is 9.77. The van der Waals surface area contributed by atoms with Crippen molar-refractivity contribution in [2.24, 2.45) is 0 Å². The van der Waals surface area contributed by atoms with Gasteiger partial charge in [0.15, 0.2) is 0 Å². The molecule has 2 N–H and O–H groups in total. The second-order valence-corrected chi connectivity index (χ2v) is 6.39. The molecule has 0 saturated carbocycles. The minimum atomic E-state index is -4.69. The van der Waals surface area contributed by atoms with Gasteiger partial charge in [0.05, 0.1) is 0 Å². The lowest BCUT2D eigenvalue weighted by Gasteiger charge is -2.07. The van der Waals surface area contributed by atoms with Crippen molar-refractivity contribution in [3.63, 3.8) is 0 Å². The van der Waals surface area contributed by atoms with Crippen LogP contribution < -0.4 is 5.32 Å². The quantitative estimate of drug-likeness (QED) is 0.809. The molecule has 0 heterocycles. The van der Waals surface area contributed by atoms with E-state index in [2.05, 4.69) is 21.2 Å². The van der Waals surface area contributed by atoms with Gasteiger partial charge in [0.2, 0.25) is 0 Å². The fourth-order valence-corrected chi connectivity index (χ4v) is 2.44. The molecule has 1 amide bonds. The van der Waals surface area contributed by atoms with Gasteiger partial charge in [-0.1, -0.05) is 15.9 Å². The maximum Gasteiger partial charge on any atom is 0.297 e. The summed E-state index contributed by atoms with van der Waals surface area (Å²) in [4.78, 5) is 11.0. The molecule has 0 aliphatic carbocycles. The van der Waals surface area contributed by atoms with Gasteiger partial charge in [-0.2, -0.15) is 8.42 Å². The Morgan fingerprint density at radius 3 is 2.33 bits per heavy atom. The van der Waals surface area contributed by atoms with E-state index in [1.54, 1.807) is 24.3 Å². The Bertz CT molecular complexity index is 790. The highest BCUT2D eigenvalue weighted by Crippen LogP contribution is 2.20. The van der Waals surface area contributed by atoms with Crippen molar-refractivity contribution in [1.82, 2.24) is 0 Å². The van der Waals surface area contributed by atoms with Crippen molar-refractivity contribution in [2.45, 2.75) is 4.90 Å². The largest absolute Gasteiger partial charge is 0.322 e. The highest BCUT2D eigenvalue weighted by atomic mass is 79.9. The van der Waals surface area contributed by atoms with Gasteiger partial charge >= 0.3 is 0 Å². The van der Waals surface area contributed by atoms with E-state index in [-0.39, 0.29) is 5.69 Å². The number of benzene rings is 2. The van der Waals surface area contributed by atoms with Crippen LogP contribution in [0.25, 0.3) is 0 Å². The van der Waals surface area contributed by atoms with E-state index in [4.69, 9.17) is 4.55 Å². The summed E-state index contributed by atoms with van der Waals surface area (Å²) in [5, 5.41) is 2.42. The van der Waals surface area contributed by atoms with E-state index in [9.17, 15) is 17.6 Å². The van der Waals surface area contributed by atoms with Crippen LogP contribution in [0.3, 0.4) is 0 Å². The molecule has 0 aliphatic rings. The fraction of sp³-hybridized carbons (Fsp3) is 0. The van der Waals surface area contributed by atoms with E-state index in [0.717, 1.165) is 16.6 Å². The van der Waals surface area contributed by atoms with Gasteiger partial charge < -0.3 is 5.32 Å². The molecule has 21 heavy (non-hydrogen) atoms. The number of rotatable bonds is 3. The molecule has 110 valence electrons. The van der Waals surface area contributed by atoms with Crippen molar-refractivity contribution in [2.75, 3.05) is 5.32 Å². The van der Waals surface area contributed by atoms with Crippen molar-refractivity contribution in [3.05, 3.63) is 58.3 Å². The second kappa shape index (κ2) is 5.92. The molecule has 2 rings (SSSR count). The minimum absolute atomic E-state index is 0.0527. The topological polar surface area (TPSA) is 83.5 Å². The van der Waals surface area contributed by atoms with Crippen LogP contribution in [0.15, 0.2) is 51.8 Å². The third-order valence-corrected chi connectivity index (χ3v) is 3.97. The maximum atomic E-state index is 13.3. The Morgan fingerprint density at radius 1 is 1.14 bits per heavy atom. The zero-order valence-corrected chi connectivity index (χ0v) is 12.8. The second-order valence-electron chi connectivity index (χ2n) is 4.08. The fourth-order valence-electron chi connectivity index (χ4n) is 1.58. The zero-order chi connectivity index (χ0) is 15.6. The zero-order valence-electron chi connectivity index (χ0n) is 10.4. The van der Waals surface area contributed by atoms with Gasteiger partial charge in [0.1, 0.15) is 10.7 Å². The summed E-state index contributed by atoms with van der Waals surface area (Å²) in [6, 6.07) is 9.36. The van der Waals surface area contributed by atoms with Crippen LogP contribution in [-0.4, -0.2) is 18.9 Å². The van der Waals surface area contributed by atoms with Crippen molar-refractivity contribution in [1.29, 1.82) is 0 Å². The highest BCUT2D eigenvalue weighted by Gasteiger charge is 2.17. The molecule has 0 radical (unpaired) electrons. The first-order valence-corrected chi connectivity index (χ1v) is 7.84.